The van der Waals surface area contributed by atoms with Crippen LogP contribution in [-0.2, 0) is 13.0 Å². The maximum atomic E-state index is 6.07. The van der Waals surface area contributed by atoms with E-state index >= 15 is 0 Å². The van der Waals surface area contributed by atoms with Crippen molar-refractivity contribution in [2.24, 2.45) is 0 Å². The van der Waals surface area contributed by atoms with Crippen LogP contribution < -0.4 is 5.73 Å². The van der Waals surface area contributed by atoms with Gasteiger partial charge in [-0.3, -0.25) is 4.98 Å². The highest BCUT2D eigenvalue weighted by Crippen LogP contribution is 2.27. The van der Waals surface area contributed by atoms with Crippen molar-refractivity contribution in [2.45, 2.75) is 33.7 Å². The Hall–Kier alpha value is -2.43. The van der Waals surface area contributed by atoms with Crippen LogP contribution in [0.25, 0.3) is 11.0 Å². The smallest absolute Gasteiger partial charge is 0.146 e. The fraction of sp³-hybridized carbons (Fsp3) is 0.312. The predicted octanol–water partition coefficient (Wildman–Crippen LogP) is 2.58. The van der Waals surface area contributed by atoms with Gasteiger partial charge < -0.3 is 10.3 Å². The molecule has 0 saturated heterocycles. The molecule has 0 spiro atoms. The van der Waals surface area contributed by atoms with Gasteiger partial charge in [-0.25, -0.2) is 9.97 Å². The first kappa shape index (κ1) is 13.5. The fourth-order valence-corrected chi connectivity index (χ4v) is 2.72. The van der Waals surface area contributed by atoms with Crippen molar-refractivity contribution in [1.82, 2.24) is 19.5 Å². The van der Waals surface area contributed by atoms with E-state index in [4.69, 9.17) is 5.73 Å². The van der Waals surface area contributed by atoms with Crippen LogP contribution in [0.1, 0.15) is 22.8 Å². The summed E-state index contributed by atoms with van der Waals surface area (Å²) < 4.78 is 2.21. The first-order chi connectivity index (χ1) is 10.1. The van der Waals surface area contributed by atoms with Crippen molar-refractivity contribution in [2.75, 3.05) is 5.73 Å². The van der Waals surface area contributed by atoms with Gasteiger partial charge in [0.2, 0.25) is 0 Å². The highest BCUT2D eigenvalue weighted by atomic mass is 15.1. The molecule has 0 aliphatic carbocycles. The second-order valence-corrected chi connectivity index (χ2v) is 5.29. The Labute approximate surface area is 123 Å². The number of aromatic nitrogens is 4. The van der Waals surface area contributed by atoms with Crippen molar-refractivity contribution < 1.29 is 0 Å². The fourth-order valence-electron chi connectivity index (χ4n) is 2.72. The first-order valence-corrected chi connectivity index (χ1v) is 7.07. The monoisotopic (exact) mass is 281 g/mol. The van der Waals surface area contributed by atoms with Gasteiger partial charge in [0, 0.05) is 30.6 Å². The molecule has 0 atom stereocenters. The van der Waals surface area contributed by atoms with Crippen molar-refractivity contribution in [3.63, 3.8) is 0 Å². The van der Waals surface area contributed by atoms with Gasteiger partial charge in [0.25, 0.3) is 0 Å². The topological polar surface area (TPSA) is 69.6 Å². The summed E-state index contributed by atoms with van der Waals surface area (Å²) in [5.74, 6) is 1.27. The quantitative estimate of drug-likeness (QED) is 0.801. The molecular weight excluding hydrogens is 262 g/mol. The number of aryl methyl sites for hydroxylation is 4. The predicted molar refractivity (Wildman–Crippen MR) is 84.1 cm³/mol. The Morgan fingerprint density at radius 1 is 1.14 bits per heavy atom. The zero-order chi connectivity index (χ0) is 15.0. The molecule has 3 rings (SSSR count). The number of pyridine rings is 1. The van der Waals surface area contributed by atoms with Crippen LogP contribution >= 0.6 is 0 Å². The number of hydrogen-bond acceptors (Lipinski definition) is 4. The average molecular weight is 281 g/mol. The van der Waals surface area contributed by atoms with Crippen molar-refractivity contribution in [1.29, 1.82) is 0 Å². The Balaban J connectivity index is 2.04. The molecule has 3 aromatic heterocycles. The molecule has 108 valence electrons. The summed E-state index contributed by atoms with van der Waals surface area (Å²) in [6, 6.07) is 5.99. The third-order valence-corrected chi connectivity index (χ3v) is 3.93. The molecule has 0 fully saturated rings. The van der Waals surface area contributed by atoms with Crippen LogP contribution in [0.15, 0.2) is 24.4 Å². The zero-order valence-corrected chi connectivity index (χ0v) is 12.6. The van der Waals surface area contributed by atoms with Crippen LogP contribution in [0.2, 0.25) is 0 Å². The number of nitrogen functional groups attached to an aromatic ring is 1. The minimum atomic E-state index is 0.565. The van der Waals surface area contributed by atoms with E-state index in [9.17, 15) is 0 Å². The number of hydrogen-bond donors (Lipinski definition) is 1. The summed E-state index contributed by atoms with van der Waals surface area (Å²) in [4.78, 5) is 13.2. The molecule has 5 nitrogen and oxygen atoms in total. The van der Waals surface area contributed by atoms with E-state index in [1.807, 2.05) is 31.3 Å². The minimum absolute atomic E-state index is 0.565. The second-order valence-electron chi connectivity index (χ2n) is 5.29. The summed E-state index contributed by atoms with van der Waals surface area (Å²) in [7, 11) is 0. The lowest BCUT2D eigenvalue weighted by atomic mass is 10.2. The van der Waals surface area contributed by atoms with Gasteiger partial charge in [0.15, 0.2) is 0 Å². The molecule has 0 aliphatic rings. The highest BCUT2D eigenvalue weighted by Gasteiger charge is 2.16. The van der Waals surface area contributed by atoms with Gasteiger partial charge in [-0.2, -0.15) is 0 Å². The lowest BCUT2D eigenvalue weighted by Gasteiger charge is -2.08. The van der Waals surface area contributed by atoms with E-state index in [0.29, 0.717) is 11.6 Å². The number of anilines is 1. The van der Waals surface area contributed by atoms with Crippen LogP contribution in [0.4, 0.5) is 5.82 Å². The number of rotatable bonds is 3. The van der Waals surface area contributed by atoms with E-state index < -0.39 is 0 Å². The third kappa shape index (κ3) is 2.35. The molecule has 3 heterocycles. The Kier molecular flexibility index (Phi) is 3.33. The van der Waals surface area contributed by atoms with E-state index in [2.05, 4.69) is 33.4 Å². The molecule has 21 heavy (non-hydrogen) atoms. The van der Waals surface area contributed by atoms with Gasteiger partial charge in [-0.05, 0) is 38.5 Å². The summed E-state index contributed by atoms with van der Waals surface area (Å²) >= 11 is 0. The van der Waals surface area contributed by atoms with E-state index in [-0.39, 0.29) is 0 Å². The van der Waals surface area contributed by atoms with Crippen molar-refractivity contribution >= 4 is 16.9 Å². The normalized spacial score (nSPS) is 11.2. The first-order valence-electron chi connectivity index (χ1n) is 7.07. The molecule has 0 aliphatic heterocycles. The molecule has 0 bridgehead atoms. The van der Waals surface area contributed by atoms with Crippen molar-refractivity contribution in [3.05, 3.63) is 47.2 Å². The molecule has 3 aromatic rings. The molecule has 0 aromatic carbocycles. The lowest BCUT2D eigenvalue weighted by molar-refractivity contribution is 0.683. The second kappa shape index (κ2) is 5.16. The zero-order valence-electron chi connectivity index (χ0n) is 12.6. The molecule has 0 amide bonds. The number of nitrogens with zero attached hydrogens (tertiary/aromatic N) is 4. The standard InChI is InChI=1S/C16H19N5/c1-10-11(2)21(9-7-13-6-4-5-8-18-13)16-14(10)15(17)19-12(3)20-16/h4-6,8H,7,9H2,1-3H3,(H2,17,19,20). The van der Waals surface area contributed by atoms with Gasteiger partial charge in [0.05, 0.1) is 5.39 Å². The Bertz CT molecular complexity index is 790. The largest absolute Gasteiger partial charge is 0.383 e. The highest BCUT2D eigenvalue weighted by molar-refractivity contribution is 5.91. The van der Waals surface area contributed by atoms with E-state index in [0.717, 1.165) is 35.3 Å². The summed E-state index contributed by atoms with van der Waals surface area (Å²) in [5.41, 5.74) is 10.4. The van der Waals surface area contributed by atoms with Crippen LogP contribution in [0, 0.1) is 20.8 Å². The number of nitrogens with two attached hydrogens (primary N) is 1. The molecule has 0 radical (unpaired) electrons. The summed E-state index contributed by atoms with van der Waals surface area (Å²) in [6.45, 7) is 6.88. The van der Waals surface area contributed by atoms with Gasteiger partial charge in [0.1, 0.15) is 17.3 Å². The molecule has 5 heteroatoms. The third-order valence-electron chi connectivity index (χ3n) is 3.93. The lowest BCUT2D eigenvalue weighted by Crippen LogP contribution is -2.06. The number of fused-ring (bicyclic) bond motifs is 1. The maximum Gasteiger partial charge on any atom is 0.146 e. The van der Waals surface area contributed by atoms with Crippen LogP contribution in [0.5, 0.6) is 0 Å². The van der Waals surface area contributed by atoms with E-state index in [1.54, 1.807) is 0 Å². The summed E-state index contributed by atoms with van der Waals surface area (Å²) in [6.07, 6.45) is 2.69. The summed E-state index contributed by atoms with van der Waals surface area (Å²) in [5, 5.41) is 0.971. The van der Waals surface area contributed by atoms with Crippen LogP contribution in [0.3, 0.4) is 0 Å². The maximum absolute atomic E-state index is 6.07. The molecule has 0 unspecified atom stereocenters. The molecule has 0 saturated carbocycles. The van der Waals surface area contributed by atoms with E-state index in [1.165, 1.54) is 5.69 Å². The Morgan fingerprint density at radius 3 is 2.67 bits per heavy atom. The van der Waals surface area contributed by atoms with Gasteiger partial charge >= 0.3 is 0 Å². The molecule has 2 N–H and O–H groups in total. The van der Waals surface area contributed by atoms with Gasteiger partial charge in [-0.1, -0.05) is 6.07 Å². The molecular formula is C16H19N5. The Morgan fingerprint density at radius 2 is 1.95 bits per heavy atom. The minimum Gasteiger partial charge on any atom is -0.383 e. The van der Waals surface area contributed by atoms with Gasteiger partial charge in [-0.15, -0.1) is 0 Å². The van der Waals surface area contributed by atoms with Crippen LogP contribution in [-0.4, -0.2) is 19.5 Å². The SMILES string of the molecule is Cc1nc(N)c2c(C)c(C)n(CCc3ccccn3)c2n1. The average Bonchev–Trinajstić information content (AvgIpc) is 2.70. The van der Waals surface area contributed by atoms with Crippen molar-refractivity contribution in [3.8, 4) is 0 Å².